The van der Waals surface area contributed by atoms with Crippen molar-refractivity contribution in [2.75, 3.05) is 6.61 Å². The number of hydrogen-bond acceptors (Lipinski definition) is 5. The molecule has 0 aliphatic heterocycles. The fourth-order valence-electron chi connectivity index (χ4n) is 3.18. The number of fused-ring (bicyclic) bond motifs is 2. The second kappa shape index (κ2) is 7.16. The van der Waals surface area contributed by atoms with E-state index in [1.54, 1.807) is 17.6 Å². The van der Waals surface area contributed by atoms with Crippen LogP contribution in [0.25, 0.3) is 31.7 Å². The minimum Gasteiger partial charge on any atom is -0.462 e. The molecule has 0 saturated heterocycles. The van der Waals surface area contributed by atoms with E-state index in [0.717, 1.165) is 10.2 Å². The average molecular weight is 396 g/mol. The number of esters is 1. The molecule has 0 atom stereocenters. The van der Waals surface area contributed by atoms with Crippen LogP contribution < -0.4 is 5.43 Å². The predicted octanol–water partition coefficient (Wildman–Crippen LogP) is 4.61. The van der Waals surface area contributed by atoms with E-state index >= 15 is 0 Å². The third-order valence-corrected chi connectivity index (χ3v) is 5.60. The van der Waals surface area contributed by atoms with Crippen molar-refractivity contribution in [2.45, 2.75) is 20.4 Å². The second-order valence-corrected chi connectivity index (χ2v) is 7.24. The van der Waals surface area contributed by atoms with Crippen molar-refractivity contribution in [1.29, 1.82) is 0 Å². The highest BCUT2D eigenvalue weighted by molar-refractivity contribution is 7.21. The summed E-state index contributed by atoms with van der Waals surface area (Å²) in [6.07, 6.45) is 1.47. The van der Waals surface area contributed by atoms with Gasteiger partial charge in [-0.25, -0.2) is 14.2 Å². The number of benzene rings is 2. The monoisotopic (exact) mass is 396 g/mol. The lowest BCUT2D eigenvalue weighted by atomic mass is 10.1. The fourth-order valence-corrected chi connectivity index (χ4v) is 4.16. The molecule has 142 valence electrons. The molecule has 0 fully saturated rings. The van der Waals surface area contributed by atoms with Crippen LogP contribution in [0, 0.1) is 5.82 Å². The number of aromatic nitrogens is 2. The van der Waals surface area contributed by atoms with E-state index in [-0.39, 0.29) is 17.6 Å². The summed E-state index contributed by atoms with van der Waals surface area (Å²) >= 11 is 1.39. The maximum absolute atomic E-state index is 14.9. The second-order valence-electron chi connectivity index (χ2n) is 6.21. The summed E-state index contributed by atoms with van der Waals surface area (Å²) in [7, 11) is 0. The smallest absolute Gasteiger partial charge is 0.343 e. The van der Waals surface area contributed by atoms with Crippen molar-refractivity contribution in [3.63, 3.8) is 0 Å². The van der Waals surface area contributed by atoms with Crippen molar-refractivity contribution in [3.05, 3.63) is 64.2 Å². The molecule has 5 nitrogen and oxygen atoms in total. The number of rotatable bonds is 4. The van der Waals surface area contributed by atoms with Gasteiger partial charge in [0, 0.05) is 23.7 Å². The van der Waals surface area contributed by atoms with Gasteiger partial charge < -0.3 is 9.30 Å². The molecule has 0 saturated carbocycles. The zero-order valence-electron chi connectivity index (χ0n) is 15.4. The van der Waals surface area contributed by atoms with Crippen LogP contribution in [0.3, 0.4) is 0 Å². The molecule has 0 radical (unpaired) electrons. The zero-order chi connectivity index (χ0) is 19.8. The van der Waals surface area contributed by atoms with Gasteiger partial charge >= 0.3 is 5.97 Å². The zero-order valence-corrected chi connectivity index (χ0v) is 16.2. The number of para-hydroxylation sites is 1. The van der Waals surface area contributed by atoms with Crippen molar-refractivity contribution < 1.29 is 13.9 Å². The Labute approximate surface area is 164 Å². The van der Waals surface area contributed by atoms with Gasteiger partial charge in [-0.3, -0.25) is 4.79 Å². The molecule has 0 aliphatic rings. The number of nitrogens with zero attached hydrogens (tertiary/aromatic N) is 2. The quantitative estimate of drug-likeness (QED) is 0.473. The van der Waals surface area contributed by atoms with Gasteiger partial charge in [-0.05, 0) is 38.1 Å². The molecule has 0 N–H and O–H groups in total. The first-order valence-corrected chi connectivity index (χ1v) is 9.74. The van der Waals surface area contributed by atoms with Gasteiger partial charge in [-0.1, -0.05) is 12.1 Å². The van der Waals surface area contributed by atoms with Gasteiger partial charge in [0.1, 0.15) is 16.4 Å². The summed E-state index contributed by atoms with van der Waals surface area (Å²) in [5, 5.41) is 0.694. The standard InChI is InChI=1S/C21H17FN2O3S/c1-3-24-11-14(21(26)27-4-2)19(25)13-9-15(22)12(10-17(13)24)20-23-16-7-5-6-8-18(16)28-20/h5-11H,3-4H2,1-2H3. The minimum absolute atomic E-state index is 0.0941. The maximum atomic E-state index is 14.9. The molecular formula is C21H17FN2O3S. The van der Waals surface area contributed by atoms with E-state index in [1.165, 1.54) is 23.6 Å². The molecule has 0 aliphatic carbocycles. The SMILES string of the molecule is CCOC(=O)c1cn(CC)c2cc(-c3nc4ccccc4s3)c(F)cc2c1=O. The highest BCUT2D eigenvalue weighted by atomic mass is 32.1. The molecule has 2 aromatic heterocycles. The summed E-state index contributed by atoms with van der Waals surface area (Å²) in [6, 6.07) is 10.4. The Morgan fingerprint density at radius 1 is 1.25 bits per heavy atom. The largest absolute Gasteiger partial charge is 0.462 e. The molecule has 0 spiro atoms. The van der Waals surface area contributed by atoms with Gasteiger partial charge in [0.05, 0.1) is 22.3 Å². The first-order chi connectivity index (χ1) is 13.5. The van der Waals surface area contributed by atoms with Crippen LogP contribution in [0.4, 0.5) is 4.39 Å². The van der Waals surface area contributed by atoms with Crippen LogP contribution in [-0.4, -0.2) is 22.1 Å². The number of aryl methyl sites for hydroxylation is 1. The number of halogens is 1. The van der Waals surface area contributed by atoms with Gasteiger partial charge in [0.2, 0.25) is 5.43 Å². The van der Waals surface area contributed by atoms with Crippen molar-refractivity contribution >= 4 is 38.4 Å². The van der Waals surface area contributed by atoms with Crippen LogP contribution in [-0.2, 0) is 11.3 Å². The van der Waals surface area contributed by atoms with Gasteiger partial charge in [-0.2, -0.15) is 0 Å². The number of pyridine rings is 1. The Kier molecular flexibility index (Phi) is 4.68. The predicted molar refractivity (Wildman–Crippen MR) is 108 cm³/mol. The summed E-state index contributed by atoms with van der Waals surface area (Å²) in [5.41, 5.74) is 1.05. The van der Waals surface area contributed by atoms with Crippen LogP contribution in [0.1, 0.15) is 24.2 Å². The fraction of sp³-hybridized carbons (Fsp3) is 0.190. The van der Waals surface area contributed by atoms with Crippen LogP contribution in [0.2, 0.25) is 0 Å². The summed E-state index contributed by atoms with van der Waals surface area (Å²) in [4.78, 5) is 29.4. The third-order valence-electron chi connectivity index (χ3n) is 4.53. The lowest BCUT2D eigenvalue weighted by Crippen LogP contribution is -2.21. The summed E-state index contributed by atoms with van der Waals surface area (Å²) in [5.74, 6) is -1.25. The van der Waals surface area contributed by atoms with Crippen molar-refractivity contribution in [1.82, 2.24) is 9.55 Å². The van der Waals surface area contributed by atoms with Crippen molar-refractivity contribution in [2.24, 2.45) is 0 Å². The maximum Gasteiger partial charge on any atom is 0.343 e. The molecule has 4 rings (SSSR count). The van der Waals surface area contributed by atoms with Gasteiger partial charge in [0.25, 0.3) is 0 Å². The Bertz CT molecular complexity index is 1240. The van der Waals surface area contributed by atoms with E-state index in [0.29, 0.717) is 22.6 Å². The van der Waals surface area contributed by atoms with Crippen LogP contribution in [0.5, 0.6) is 0 Å². The third kappa shape index (κ3) is 2.97. The number of hydrogen-bond donors (Lipinski definition) is 0. The Morgan fingerprint density at radius 2 is 2.04 bits per heavy atom. The van der Waals surface area contributed by atoms with E-state index in [1.807, 2.05) is 31.2 Å². The topological polar surface area (TPSA) is 61.2 Å². The molecule has 4 aromatic rings. The molecule has 0 bridgehead atoms. The molecule has 2 heterocycles. The van der Waals surface area contributed by atoms with Crippen LogP contribution >= 0.6 is 11.3 Å². The van der Waals surface area contributed by atoms with Gasteiger partial charge in [0.15, 0.2) is 0 Å². The summed E-state index contributed by atoms with van der Waals surface area (Å²) < 4.78 is 22.6. The summed E-state index contributed by atoms with van der Waals surface area (Å²) in [6.45, 7) is 4.22. The van der Waals surface area contributed by atoms with E-state index in [9.17, 15) is 14.0 Å². The normalized spacial score (nSPS) is 11.2. The number of carbonyl (C=O) groups excluding carboxylic acids is 1. The lowest BCUT2D eigenvalue weighted by molar-refractivity contribution is 0.0524. The average Bonchev–Trinajstić information content (AvgIpc) is 3.12. The number of carbonyl (C=O) groups is 1. The van der Waals surface area contributed by atoms with E-state index in [2.05, 4.69) is 4.98 Å². The highest BCUT2D eigenvalue weighted by Gasteiger charge is 2.19. The van der Waals surface area contributed by atoms with E-state index in [4.69, 9.17) is 4.74 Å². The molecule has 2 aromatic carbocycles. The molecule has 0 unspecified atom stereocenters. The first kappa shape index (κ1) is 18.3. The molecule has 7 heteroatoms. The van der Waals surface area contributed by atoms with Crippen molar-refractivity contribution in [3.8, 4) is 10.6 Å². The Hall–Kier alpha value is -3.06. The highest BCUT2D eigenvalue weighted by Crippen LogP contribution is 2.33. The minimum atomic E-state index is -0.702. The Morgan fingerprint density at radius 3 is 2.75 bits per heavy atom. The lowest BCUT2D eigenvalue weighted by Gasteiger charge is -2.12. The molecular weight excluding hydrogens is 379 g/mol. The Balaban J connectivity index is 1.96. The van der Waals surface area contributed by atoms with E-state index < -0.39 is 17.2 Å². The molecule has 0 amide bonds. The number of ether oxygens (including phenoxy) is 1. The molecule has 28 heavy (non-hydrogen) atoms. The first-order valence-electron chi connectivity index (χ1n) is 8.93. The van der Waals surface area contributed by atoms with Crippen LogP contribution in [0.15, 0.2) is 47.4 Å². The number of thiazole rings is 1. The van der Waals surface area contributed by atoms with Gasteiger partial charge in [-0.15, -0.1) is 11.3 Å².